The van der Waals surface area contributed by atoms with Gasteiger partial charge in [0.05, 0.1) is 16.7 Å². The maximum atomic E-state index is 6.43. The maximum Gasteiger partial charge on any atom is 0.166 e. The van der Waals surface area contributed by atoms with Crippen molar-refractivity contribution in [3.8, 4) is 73.2 Å². The van der Waals surface area contributed by atoms with Gasteiger partial charge in [0.1, 0.15) is 11.2 Å². The summed E-state index contributed by atoms with van der Waals surface area (Å²) in [5.41, 5.74) is 19.4. The van der Waals surface area contributed by atoms with Gasteiger partial charge in [-0.2, -0.15) is 0 Å². The predicted octanol–water partition coefficient (Wildman–Crippen LogP) is 16.1. The molecule has 12 aromatic rings. The molecule has 0 aliphatic carbocycles. The Morgan fingerprint density at radius 3 is 1.45 bits per heavy atom. The lowest BCUT2D eigenvalue weighted by atomic mass is 9.96. The van der Waals surface area contributed by atoms with E-state index in [1.54, 1.807) is 0 Å². The first-order valence-electron chi connectivity index (χ1n) is 22.5. The van der Waals surface area contributed by atoms with Crippen LogP contribution in [0.25, 0.3) is 117 Å². The van der Waals surface area contributed by atoms with E-state index >= 15 is 0 Å². The number of hydrogen-bond donors (Lipinski definition) is 0. The second-order valence-electron chi connectivity index (χ2n) is 17.5. The van der Waals surface area contributed by atoms with E-state index in [4.69, 9.17) is 19.4 Å². The Kier molecular flexibility index (Phi) is 9.32. The van der Waals surface area contributed by atoms with Crippen LogP contribution in [0.3, 0.4) is 0 Å². The van der Waals surface area contributed by atoms with E-state index in [1.807, 2.05) is 48.5 Å². The van der Waals surface area contributed by atoms with Gasteiger partial charge in [0.2, 0.25) is 0 Å². The molecular weight excluding hydrogens is 805 g/mol. The molecule has 0 saturated carbocycles. The number of furan rings is 1. The zero-order valence-electron chi connectivity index (χ0n) is 37.2. The second kappa shape index (κ2) is 15.7. The zero-order chi connectivity index (χ0) is 44.5. The van der Waals surface area contributed by atoms with Crippen molar-refractivity contribution >= 4 is 43.7 Å². The maximum absolute atomic E-state index is 6.43. The Labute approximate surface area is 383 Å². The molecule has 0 atom stereocenters. The summed E-state index contributed by atoms with van der Waals surface area (Å²) in [7, 11) is 0. The van der Waals surface area contributed by atoms with Crippen LogP contribution < -0.4 is 0 Å². The van der Waals surface area contributed by atoms with Gasteiger partial charge in [-0.3, -0.25) is 0 Å². The van der Waals surface area contributed by atoms with Gasteiger partial charge in [-0.05, 0) is 109 Å². The smallest absolute Gasteiger partial charge is 0.166 e. The summed E-state index contributed by atoms with van der Waals surface area (Å²) in [4.78, 5) is 15.9. The van der Waals surface area contributed by atoms with Gasteiger partial charge in [0.15, 0.2) is 17.5 Å². The Balaban J connectivity index is 1.20. The zero-order valence-corrected chi connectivity index (χ0v) is 37.2. The summed E-state index contributed by atoms with van der Waals surface area (Å²) in [6.45, 7) is 8.71. The van der Waals surface area contributed by atoms with Crippen molar-refractivity contribution in [1.29, 1.82) is 0 Å². The van der Waals surface area contributed by atoms with Gasteiger partial charge in [-0.1, -0.05) is 169 Å². The largest absolute Gasteiger partial charge is 0.456 e. The average Bonchev–Trinajstić information content (AvgIpc) is 3.89. The number of nitrogens with zero attached hydrogens (tertiary/aromatic N) is 4. The summed E-state index contributed by atoms with van der Waals surface area (Å²) in [6, 6.07) is 69.0. The van der Waals surface area contributed by atoms with Crippen LogP contribution in [0.2, 0.25) is 0 Å². The first-order valence-corrected chi connectivity index (χ1v) is 22.5. The molecule has 0 N–H and O–H groups in total. The first-order chi connectivity index (χ1) is 32.3. The molecule has 0 saturated heterocycles. The first kappa shape index (κ1) is 39.2. The van der Waals surface area contributed by atoms with Crippen LogP contribution in [0.15, 0.2) is 199 Å². The standard InChI is InChI=1S/C61H44N4O/c1-37-22-27-46(39(3)32-37)44-24-29-49-50-30-25-45(47-28-23-38(2)33-40(47)4)36-55(50)65(54(49)35-44)53-31-26-43(48-19-13-21-57-58(48)51-18-11-12-20-56(51)66-57)34-52(53)61-63-59(41-14-7-5-8-15-41)62-60(64-61)42-16-9-6-10-17-42/h5-36H,1-4H3. The summed E-state index contributed by atoms with van der Waals surface area (Å²) in [6.07, 6.45) is 0. The van der Waals surface area contributed by atoms with Gasteiger partial charge < -0.3 is 8.98 Å². The second-order valence-corrected chi connectivity index (χ2v) is 17.5. The third-order valence-electron chi connectivity index (χ3n) is 13.0. The minimum Gasteiger partial charge on any atom is -0.456 e. The number of fused-ring (bicyclic) bond motifs is 6. The molecule has 3 heterocycles. The monoisotopic (exact) mass is 848 g/mol. The Hall–Kier alpha value is -8.41. The lowest BCUT2D eigenvalue weighted by molar-refractivity contribution is 0.669. The van der Waals surface area contributed by atoms with Gasteiger partial charge in [-0.15, -0.1) is 0 Å². The third kappa shape index (κ3) is 6.67. The Bertz CT molecular complexity index is 3700. The van der Waals surface area contributed by atoms with Crippen molar-refractivity contribution in [3.63, 3.8) is 0 Å². The van der Waals surface area contributed by atoms with Gasteiger partial charge in [-0.25, -0.2) is 15.0 Å². The molecule has 0 spiro atoms. The normalized spacial score (nSPS) is 11.6. The number of para-hydroxylation sites is 1. The van der Waals surface area contributed by atoms with E-state index in [0.717, 1.165) is 77.6 Å². The third-order valence-corrected chi connectivity index (χ3v) is 13.0. The predicted molar refractivity (Wildman–Crippen MR) is 273 cm³/mol. The van der Waals surface area contributed by atoms with E-state index in [-0.39, 0.29) is 0 Å². The quantitative estimate of drug-likeness (QED) is 0.160. The lowest BCUT2D eigenvalue weighted by Crippen LogP contribution is -2.04. The molecule has 0 aliphatic heterocycles. The molecule has 0 aliphatic rings. The van der Waals surface area contributed by atoms with Crippen LogP contribution >= 0.6 is 0 Å². The molecular formula is C61H44N4O. The van der Waals surface area contributed by atoms with Crippen molar-refractivity contribution in [2.45, 2.75) is 27.7 Å². The van der Waals surface area contributed by atoms with Crippen molar-refractivity contribution in [1.82, 2.24) is 19.5 Å². The molecule has 9 aromatic carbocycles. The fourth-order valence-electron chi connectivity index (χ4n) is 9.91. The van der Waals surface area contributed by atoms with E-state index in [0.29, 0.717) is 17.5 Å². The van der Waals surface area contributed by atoms with E-state index in [9.17, 15) is 0 Å². The molecule has 3 aromatic heterocycles. The summed E-state index contributed by atoms with van der Waals surface area (Å²) >= 11 is 0. The van der Waals surface area contributed by atoms with E-state index in [2.05, 4.69) is 178 Å². The highest BCUT2D eigenvalue weighted by molar-refractivity contribution is 6.14. The highest BCUT2D eigenvalue weighted by atomic mass is 16.3. The molecule has 66 heavy (non-hydrogen) atoms. The van der Waals surface area contributed by atoms with Crippen LogP contribution in [0.4, 0.5) is 0 Å². The highest BCUT2D eigenvalue weighted by Crippen LogP contribution is 2.43. The molecule has 0 fully saturated rings. The van der Waals surface area contributed by atoms with Crippen molar-refractivity contribution in [3.05, 3.63) is 216 Å². The molecule has 0 amide bonds. The van der Waals surface area contributed by atoms with Gasteiger partial charge in [0, 0.05) is 38.2 Å². The summed E-state index contributed by atoms with van der Waals surface area (Å²) < 4.78 is 8.86. The number of aromatic nitrogens is 4. The molecule has 0 bridgehead atoms. The number of benzene rings is 9. The van der Waals surface area contributed by atoms with Crippen LogP contribution in [-0.4, -0.2) is 19.5 Å². The molecule has 5 nitrogen and oxygen atoms in total. The molecule has 0 unspecified atom stereocenters. The van der Waals surface area contributed by atoms with E-state index < -0.39 is 0 Å². The van der Waals surface area contributed by atoms with Crippen molar-refractivity contribution < 1.29 is 4.42 Å². The summed E-state index contributed by atoms with van der Waals surface area (Å²) in [5, 5.41) is 4.49. The van der Waals surface area contributed by atoms with Crippen molar-refractivity contribution in [2.75, 3.05) is 0 Å². The molecule has 5 heteroatoms. The summed E-state index contributed by atoms with van der Waals surface area (Å²) in [5.74, 6) is 1.79. The van der Waals surface area contributed by atoms with Crippen LogP contribution in [0.1, 0.15) is 22.3 Å². The average molecular weight is 849 g/mol. The molecule has 0 radical (unpaired) electrons. The SMILES string of the molecule is Cc1ccc(-c2ccc3c4ccc(-c5ccc(C)cc5C)cc4n(-c4ccc(-c5cccc6oc7ccccc7c56)cc4-c4nc(-c5ccccc5)nc(-c5ccccc5)n4)c3c2)c(C)c1. The fraction of sp³-hybridized carbons (Fsp3) is 0.0656. The van der Waals surface area contributed by atoms with Gasteiger partial charge >= 0.3 is 0 Å². The van der Waals surface area contributed by atoms with Crippen LogP contribution in [-0.2, 0) is 0 Å². The Morgan fingerprint density at radius 1 is 0.348 bits per heavy atom. The number of aryl methyl sites for hydroxylation is 4. The topological polar surface area (TPSA) is 56.7 Å². The van der Waals surface area contributed by atoms with E-state index in [1.165, 1.54) is 44.2 Å². The minimum atomic E-state index is 0.579. The number of hydrogen-bond acceptors (Lipinski definition) is 4. The van der Waals surface area contributed by atoms with Crippen LogP contribution in [0, 0.1) is 27.7 Å². The van der Waals surface area contributed by atoms with Crippen molar-refractivity contribution in [2.24, 2.45) is 0 Å². The molecule has 314 valence electrons. The Morgan fingerprint density at radius 2 is 0.864 bits per heavy atom. The minimum absolute atomic E-state index is 0.579. The molecule has 12 rings (SSSR count). The lowest BCUT2D eigenvalue weighted by Gasteiger charge is -2.17. The number of rotatable bonds is 7. The highest BCUT2D eigenvalue weighted by Gasteiger charge is 2.23. The van der Waals surface area contributed by atoms with Crippen LogP contribution in [0.5, 0.6) is 0 Å². The fourth-order valence-corrected chi connectivity index (χ4v) is 9.91. The van der Waals surface area contributed by atoms with Gasteiger partial charge in [0.25, 0.3) is 0 Å².